The minimum Gasteiger partial charge on any atom is -0.355 e. The Labute approximate surface area is 228 Å². The van der Waals surface area contributed by atoms with Crippen molar-refractivity contribution in [3.05, 3.63) is 100 Å². The Balaban J connectivity index is 2.04. The fourth-order valence-corrected chi connectivity index (χ4v) is 5.19. The maximum absolute atomic E-state index is 13.9. The second-order valence-electron chi connectivity index (χ2n) is 8.47. The summed E-state index contributed by atoms with van der Waals surface area (Å²) in [5, 5.41) is 3.21. The number of halogens is 2. The average molecular weight is 563 g/mol. The molecule has 37 heavy (non-hydrogen) atoms. The highest BCUT2D eigenvalue weighted by Gasteiger charge is 2.33. The molecule has 3 aromatic carbocycles. The number of anilines is 1. The predicted molar refractivity (Wildman–Crippen MR) is 148 cm³/mol. The molecular weight excluding hydrogens is 533 g/mol. The number of rotatable bonds is 11. The summed E-state index contributed by atoms with van der Waals surface area (Å²) in [4.78, 5) is 28.6. The molecule has 7 nitrogen and oxygen atoms in total. The summed E-state index contributed by atoms with van der Waals surface area (Å²) in [6.45, 7) is 1.73. The predicted octanol–water partition coefficient (Wildman–Crippen LogP) is 4.54. The molecule has 0 saturated heterocycles. The number of likely N-dealkylation sites (N-methyl/N-ethyl adjacent to an activating group) is 1. The minimum absolute atomic E-state index is 0.0855. The fraction of sp³-hybridized carbons (Fsp3) is 0.259. The third kappa shape index (κ3) is 7.95. The van der Waals surface area contributed by atoms with Gasteiger partial charge in [0, 0.05) is 24.5 Å². The summed E-state index contributed by atoms with van der Waals surface area (Å²) in [5.74, 6) is -0.889. The van der Waals surface area contributed by atoms with Gasteiger partial charge in [-0.2, -0.15) is 0 Å². The van der Waals surface area contributed by atoms with Crippen LogP contribution >= 0.6 is 23.2 Å². The second-order valence-corrected chi connectivity index (χ2v) is 11.2. The zero-order chi connectivity index (χ0) is 27.0. The van der Waals surface area contributed by atoms with Gasteiger partial charge in [-0.1, -0.05) is 83.9 Å². The van der Waals surface area contributed by atoms with Gasteiger partial charge >= 0.3 is 0 Å². The minimum atomic E-state index is -3.93. The lowest BCUT2D eigenvalue weighted by Gasteiger charge is -2.33. The van der Waals surface area contributed by atoms with Crippen LogP contribution in [0, 0.1) is 0 Å². The van der Waals surface area contributed by atoms with Gasteiger partial charge in [-0.3, -0.25) is 13.9 Å². The van der Waals surface area contributed by atoms with Gasteiger partial charge < -0.3 is 10.2 Å². The number of hydrogen-bond acceptors (Lipinski definition) is 4. The van der Waals surface area contributed by atoms with Crippen LogP contribution in [-0.4, -0.2) is 50.5 Å². The highest BCUT2D eigenvalue weighted by atomic mass is 35.5. The van der Waals surface area contributed by atoms with Gasteiger partial charge in [0.1, 0.15) is 12.6 Å². The maximum atomic E-state index is 13.9. The number of amides is 2. The fourth-order valence-electron chi connectivity index (χ4n) is 3.90. The molecule has 0 aliphatic heterocycles. The van der Waals surface area contributed by atoms with E-state index in [0.29, 0.717) is 6.54 Å². The molecule has 0 aliphatic rings. The Morgan fingerprint density at radius 2 is 1.51 bits per heavy atom. The summed E-state index contributed by atoms with van der Waals surface area (Å²) in [6, 6.07) is 22.1. The van der Waals surface area contributed by atoms with Crippen LogP contribution in [0.1, 0.15) is 18.1 Å². The summed E-state index contributed by atoms with van der Waals surface area (Å²) in [6.07, 6.45) is 1.24. The first kappa shape index (κ1) is 28.5. The molecule has 3 rings (SSSR count). The van der Waals surface area contributed by atoms with Crippen LogP contribution in [0.25, 0.3) is 0 Å². The first-order valence-electron chi connectivity index (χ1n) is 11.7. The average Bonchev–Trinajstić information content (AvgIpc) is 2.87. The van der Waals surface area contributed by atoms with E-state index in [9.17, 15) is 18.0 Å². The molecular formula is C27H29Cl2N3O4S. The van der Waals surface area contributed by atoms with E-state index in [-0.39, 0.29) is 34.6 Å². The lowest BCUT2D eigenvalue weighted by Crippen LogP contribution is -2.53. The number of sulfonamides is 1. The Kier molecular flexibility index (Phi) is 9.97. The largest absolute Gasteiger partial charge is 0.355 e. The zero-order valence-electron chi connectivity index (χ0n) is 20.6. The topological polar surface area (TPSA) is 86.8 Å². The van der Waals surface area contributed by atoms with Crippen LogP contribution in [0.5, 0.6) is 0 Å². The van der Waals surface area contributed by atoms with Crippen molar-refractivity contribution >= 4 is 50.7 Å². The highest BCUT2D eigenvalue weighted by molar-refractivity contribution is 7.92. The van der Waals surface area contributed by atoms with E-state index >= 15 is 0 Å². The number of benzene rings is 3. The van der Waals surface area contributed by atoms with E-state index in [4.69, 9.17) is 23.2 Å². The molecule has 3 aromatic rings. The van der Waals surface area contributed by atoms with Crippen molar-refractivity contribution in [2.75, 3.05) is 23.7 Å². The van der Waals surface area contributed by atoms with Crippen molar-refractivity contribution in [3.63, 3.8) is 0 Å². The number of carbonyl (C=O) groups excluding carboxylic acids is 2. The van der Waals surface area contributed by atoms with E-state index in [1.165, 1.54) is 23.1 Å². The number of nitrogens with zero attached hydrogens (tertiary/aromatic N) is 2. The number of nitrogens with one attached hydrogen (secondary N) is 1. The van der Waals surface area contributed by atoms with Crippen LogP contribution in [0.4, 0.5) is 5.69 Å². The van der Waals surface area contributed by atoms with Crippen molar-refractivity contribution in [2.45, 2.75) is 25.9 Å². The van der Waals surface area contributed by atoms with Gasteiger partial charge in [0.15, 0.2) is 0 Å². The van der Waals surface area contributed by atoms with Crippen molar-refractivity contribution in [1.29, 1.82) is 0 Å². The van der Waals surface area contributed by atoms with E-state index in [1.54, 1.807) is 6.92 Å². The molecule has 1 unspecified atom stereocenters. The van der Waals surface area contributed by atoms with Crippen molar-refractivity contribution in [2.24, 2.45) is 0 Å². The Morgan fingerprint density at radius 1 is 0.919 bits per heavy atom. The first-order valence-corrected chi connectivity index (χ1v) is 14.3. The monoisotopic (exact) mass is 561 g/mol. The quantitative estimate of drug-likeness (QED) is 0.372. The van der Waals surface area contributed by atoms with Crippen LogP contribution in [-0.2, 0) is 32.6 Å². The normalized spacial score (nSPS) is 12.0. The Bertz CT molecular complexity index is 1320. The van der Waals surface area contributed by atoms with E-state index < -0.39 is 28.5 Å². The first-order chi connectivity index (χ1) is 17.6. The maximum Gasteiger partial charge on any atom is 0.244 e. The van der Waals surface area contributed by atoms with E-state index in [0.717, 1.165) is 21.7 Å². The third-order valence-corrected chi connectivity index (χ3v) is 7.36. The molecule has 0 aromatic heterocycles. The van der Waals surface area contributed by atoms with Crippen LogP contribution in [0.15, 0.2) is 78.9 Å². The molecule has 0 saturated carbocycles. The molecule has 1 atom stereocenters. The number of carbonyl (C=O) groups is 2. The smallest absolute Gasteiger partial charge is 0.244 e. The third-order valence-electron chi connectivity index (χ3n) is 5.67. The summed E-state index contributed by atoms with van der Waals surface area (Å²) < 4.78 is 26.5. The molecule has 0 aliphatic carbocycles. The lowest BCUT2D eigenvalue weighted by molar-refractivity contribution is -0.140. The van der Waals surface area contributed by atoms with Crippen molar-refractivity contribution < 1.29 is 18.0 Å². The molecule has 0 bridgehead atoms. The Hall–Kier alpha value is -3.07. The molecule has 0 radical (unpaired) electrons. The number of hydrogen-bond donors (Lipinski definition) is 1. The molecule has 196 valence electrons. The van der Waals surface area contributed by atoms with Gasteiger partial charge in [-0.25, -0.2) is 8.42 Å². The Morgan fingerprint density at radius 3 is 2.08 bits per heavy atom. The van der Waals surface area contributed by atoms with Gasteiger partial charge in [-0.15, -0.1) is 0 Å². The van der Waals surface area contributed by atoms with Gasteiger partial charge in [0.05, 0.1) is 17.0 Å². The molecule has 0 fully saturated rings. The molecule has 2 amide bonds. The van der Waals surface area contributed by atoms with Crippen LogP contribution in [0.2, 0.25) is 10.0 Å². The summed E-state index contributed by atoms with van der Waals surface area (Å²) in [5.41, 5.74) is 1.75. The standard InChI is InChI=1S/C27H29Cl2N3O4S/c1-3-30-27(34)25(16-20-10-6-4-7-11-20)31(18-21-12-8-5-9-13-21)26(33)19-32(37(2,35)36)24-17-22(28)14-15-23(24)29/h4-15,17,25H,3,16,18-19H2,1-2H3,(H,30,34). The molecule has 0 heterocycles. The highest BCUT2D eigenvalue weighted by Crippen LogP contribution is 2.31. The molecule has 10 heteroatoms. The second kappa shape index (κ2) is 12.9. The molecule has 0 spiro atoms. The van der Waals surface area contributed by atoms with Gasteiger partial charge in [0.25, 0.3) is 0 Å². The lowest BCUT2D eigenvalue weighted by atomic mass is 10.0. The van der Waals surface area contributed by atoms with Crippen LogP contribution < -0.4 is 9.62 Å². The molecule has 1 N–H and O–H groups in total. The summed E-state index contributed by atoms with van der Waals surface area (Å²) in [7, 11) is -3.93. The zero-order valence-corrected chi connectivity index (χ0v) is 22.9. The van der Waals surface area contributed by atoms with Gasteiger partial charge in [0.2, 0.25) is 21.8 Å². The van der Waals surface area contributed by atoms with Crippen molar-refractivity contribution in [3.8, 4) is 0 Å². The van der Waals surface area contributed by atoms with E-state index in [2.05, 4.69) is 5.32 Å². The van der Waals surface area contributed by atoms with Crippen molar-refractivity contribution in [1.82, 2.24) is 10.2 Å². The van der Waals surface area contributed by atoms with Gasteiger partial charge in [-0.05, 0) is 36.2 Å². The summed E-state index contributed by atoms with van der Waals surface area (Å²) >= 11 is 12.4. The van der Waals surface area contributed by atoms with Crippen LogP contribution in [0.3, 0.4) is 0 Å². The SMILES string of the molecule is CCNC(=O)C(Cc1ccccc1)N(Cc1ccccc1)C(=O)CN(c1cc(Cl)ccc1Cl)S(C)(=O)=O. The van der Waals surface area contributed by atoms with E-state index in [1.807, 2.05) is 60.7 Å².